The average molecular weight is 517 g/mol. The van der Waals surface area contributed by atoms with Crippen molar-refractivity contribution in [3.63, 3.8) is 0 Å². The lowest BCUT2D eigenvalue weighted by Crippen LogP contribution is -2.35. The van der Waals surface area contributed by atoms with Gasteiger partial charge in [-0.2, -0.15) is 10.2 Å². The molecular formula is C21H25Cl4N7. The minimum atomic E-state index is 0. The number of hydrogen-bond donors (Lipinski definition) is 0. The lowest BCUT2D eigenvalue weighted by molar-refractivity contribution is 0.202. The normalized spacial score (nSPS) is 11.2. The predicted octanol–water partition coefficient (Wildman–Crippen LogP) is 4.58. The van der Waals surface area contributed by atoms with Gasteiger partial charge in [0.25, 0.3) is 0 Å². The van der Waals surface area contributed by atoms with Crippen molar-refractivity contribution < 1.29 is 0 Å². The van der Waals surface area contributed by atoms with Crippen LogP contribution in [0, 0.1) is 0 Å². The summed E-state index contributed by atoms with van der Waals surface area (Å²) in [6, 6.07) is 18.7. The van der Waals surface area contributed by atoms with Gasteiger partial charge in [-0.05, 0) is 23.3 Å². The smallest absolute Gasteiger partial charge is 0.137 e. The summed E-state index contributed by atoms with van der Waals surface area (Å²) in [7, 11) is 0. The first-order valence-corrected chi connectivity index (χ1v) is 9.87. The molecule has 0 aliphatic heterocycles. The molecule has 4 rings (SSSR count). The molecule has 0 bridgehead atoms. The van der Waals surface area contributed by atoms with E-state index in [1.54, 1.807) is 25.3 Å². The lowest BCUT2D eigenvalue weighted by Gasteiger charge is -2.32. The standard InChI is InChI=1S/C21H22ClN7.3ClH/c22-20-8-6-19(7-9-20)21(18-4-2-1-3-5-18)27(10-12-28-16-23-14-25-28)11-13-29-17-24-15-26-29;;;/h1-9,14-17,21H,10-13H2;3*1H. The monoisotopic (exact) mass is 515 g/mol. The second-order valence-corrected chi connectivity index (χ2v) is 7.15. The highest BCUT2D eigenvalue weighted by Gasteiger charge is 2.22. The SMILES string of the molecule is Cl.Cl.Cl.Clc1ccc(C(c2ccccc2)N(CCn2cncn2)CCn2cncn2)cc1. The fraction of sp³-hybridized carbons (Fsp3) is 0.238. The van der Waals surface area contributed by atoms with Gasteiger partial charge >= 0.3 is 0 Å². The van der Waals surface area contributed by atoms with Crippen molar-refractivity contribution in [1.82, 2.24) is 34.4 Å². The molecular weight excluding hydrogens is 492 g/mol. The van der Waals surface area contributed by atoms with Gasteiger partial charge in [0, 0.05) is 18.1 Å². The zero-order chi connectivity index (χ0) is 19.9. The van der Waals surface area contributed by atoms with Crippen molar-refractivity contribution in [2.24, 2.45) is 0 Å². The Labute approximate surface area is 211 Å². The Morgan fingerprint density at radius 3 is 1.69 bits per heavy atom. The highest BCUT2D eigenvalue weighted by Crippen LogP contribution is 2.29. The van der Waals surface area contributed by atoms with Crippen LogP contribution in [0.1, 0.15) is 17.2 Å². The summed E-state index contributed by atoms with van der Waals surface area (Å²) in [6.07, 6.45) is 6.62. The summed E-state index contributed by atoms with van der Waals surface area (Å²) < 4.78 is 3.71. The highest BCUT2D eigenvalue weighted by molar-refractivity contribution is 6.30. The Hall–Kier alpha value is -2.16. The number of aromatic nitrogens is 6. The average Bonchev–Trinajstić information content (AvgIpc) is 3.46. The van der Waals surface area contributed by atoms with Crippen LogP contribution in [0.3, 0.4) is 0 Å². The molecule has 0 aliphatic rings. The summed E-state index contributed by atoms with van der Waals surface area (Å²) in [5, 5.41) is 9.23. The molecule has 0 spiro atoms. The molecule has 32 heavy (non-hydrogen) atoms. The van der Waals surface area contributed by atoms with E-state index in [1.165, 1.54) is 11.1 Å². The summed E-state index contributed by atoms with van der Waals surface area (Å²) >= 11 is 6.15. The predicted molar refractivity (Wildman–Crippen MR) is 133 cm³/mol. The van der Waals surface area contributed by atoms with E-state index in [4.69, 9.17) is 11.6 Å². The molecule has 7 nitrogen and oxygen atoms in total. The van der Waals surface area contributed by atoms with Gasteiger partial charge in [-0.1, -0.05) is 54.1 Å². The molecule has 0 saturated heterocycles. The molecule has 172 valence electrons. The van der Waals surface area contributed by atoms with E-state index in [9.17, 15) is 0 Å². The van der Waals surface area contributed by atoms with Crippen LogP contribution in [0.25, 0.3) is 0 Å². The van der Waals surface area contributed by atoms with Crippen molar-refractivity contribution in [2.45, 2.75) is 19.1 Å². The van der Waals surface area contributed by atoms with Gasteiger partial charge in [0.1, 0.15) is 25.3 Å². The molecule has 1 unspecified atom stereocenters. The Bertz CT molecular complexity index is 943. The van der Waals surface area contributed by atoms with Gasteiger partial charge in [-0.15, -0.1) is 37.2 Å². The van der Waals surface area contributed by atoms with Gasteiger partial charge in [-0.25, -0.2) is 9.97 Å². The molecule has 1 atom stereocenters. The van der Waals surface area contributed by atoms with Crippen LogP contribution in [0.15, 0.2) is 79.9 Å². The zero-order valence-corrected chi connectivity index (χ0v) is 20.3. The molecule has 11 heteroatoms. The fourth-order valence-electron chi connectivity index (χ4n) is 3.42. The van der Waals surface area contributed by atoms with Crippen LogP contribution >= 0.6 is 48.8 Å². The van der Waals surface area contributed by atoms with Crippen LogP contribution in [0.5, 0.6) is 0 Å². The zero-order valence-electron chi connectivity index (χ0n) is 17.1. The second-order valence-electron chi connectivity index (χ2n) is 6.72. The maximum Gasteiger partial charge on any atom is 0.137 e. The molecule has 2 heterocycles. The first-order chi connectivity index (χ1) is 14.3. The van der Waals surface area contributed by atoms with Crippen LogP contribution in [-0.4, -0.2) is 47.5 Å². The van der Waals surface area contributed by atoms with Crippen LogP contribution in [0.4, 0.5) is 0 Å². The number of rotatable bonds is 9. The molecule has 0 aliphatic carbocycles. The number of hydrogen-bond acceptors (Lipinski definition) is 5. The minimum Gasteiger partial charge on any atom is -0.289 e. The minimum absolute atomic E-state index is 0. The van der Waals surface area contributed by atoms with E-state index in [0.717, 1.165) is 31.2 Å². The summed E-state index contributed by atoms with van der Waals surface area (Å²) in [4.78, 5) is 10.5. The molecule has 4 aromatic rings. The molecule has 0 radical (unpaired) electrons. The van der Waals surface area contributed by atoms with Gasteiger partial charge in [0.15, 0.2) is 0 Å². The fourth-order valence-corrected chi connectivity index (χ4v) is 3.55. The van der Waals surface area contributed by atoms with E-state index < -0.39 is 0 Å². The molecule has 2 aromatic carbocycles. The van der Waals surface area contributed by atoms with Crippen molar-refractivity contribution in [3.8, 4) is 0 Å². The largest absolute Gasteiger partial charge is 0.289 e. The van der Waals surface area contributed by atoms with Gasteiger partial charge in [-0.3, -0.25) is 14.3 Å². The number of nitrogens with zero attached hydrogens (tertiary/aromatic N) is 7. The third-order valence-electron chi connectivity index (χ3n) is 4.83. The molecule has 2 aromatic heterocycles. The van der Waals surface area contributed by atoms with Crippen LogP contribution in [-0.2, 0) is 13.1 Å². The van der Waals surface area contributed by atoms with Crippen molar-refractivity contribution in [1.29, 1.82) is 0 Å². The van der Waals surface area contributed by atoms with Crippen LogP contribution in [0.2, 0.25) is 5.02 Å². The first-order valence-electron chi connectivity index (χ1n) is 9.49. The Morgan fingerprint density at radius 2 is 1.22 bits per heavy atom. The van der Waals surface area contributed by atoms with Crippen LogP contribution < -0.4 is 0 Å². The third-order valence-corrected chi connectivity index (χ3v) is 5.08. The maximum absolute atomic E-state index is 6.15. The van der Waals surface area contributed by atoms with E-state index in [1.807, 2.05) is 27.6 Å². The van der Waals surface area contributed by atoms with Crippen molar-refractivity contribution >= 4 is 48.8 Å². The van der Waals surface area contributed by atoms with Gasteiger partial charge < -0.3 is 0 Å². The lowest BCUT2D eigenvalue weighted by atomic mass is 9.97. The van der Waals surface area contributed by atoms with E-state index in [2.05, 4.69) is 61.5 Å². The Morgan fingerprint density at radius 1 is 0.719 bits per heavy atom. The summed E-state index contributed by atoms with van der Waals surface area (Å²) in [6.45, 7) is 3.10. The van der Waals surface area contributed by atoms with Gasteiger partial charge in [0.05, 0.1) is 19.1 Å². The summed E-state index contributed by atoms with van der Waals surface area (Å²) in [5.74, 6) is 0. The number of halogens is 4. The third kappa shape index (κ3) is 7.46. The molecule has 0 fully saturated rings. The maximum atomic E-state index is 6.15. The van der Waals surface area contributed by atoms with E-state index in [0.29, 0.717) is 0 Å². The summed E-state index contributed by atoms with van der Waals surface area (Å²) in [5.41, 5.74) is 2.42. The van der Waals surface area contributed by atoms with E-state index in [-0.39, 0.29) is 43.3 Å². The first kappa shape index (κ1) is 27.9. The number of benzene rings is 2. The Kier molecular flexibility index (Phi) is 12.3. The van der Waals surface area contributed by atoms with E-state index >= 15 is 0 Å². The van der Waals surface area contributed by atoms with Crippen molar-refractivity contribution in [2.75, 3.05) is 13.1 Å². The molecule has 0 amide bonds. The van der Waals surface area contributed by atoms with Crippen molar-refractivity contribution in [3.05, 3.63) is 96.1 Å². The Balaban J connectivity index is 0.00000171. The topological polar surface area (TPSA) is 64.7 Å². The molecule has 0 N–H and O–H groups in total. The van der Waals surface area contributed by atoms with Gasteiger partial charge in [0.2, 0.25) is 0 Å². The second kappa shape index (κ2) is 14.1. The quantitative estimate of drug-likeness (QED) is 0.325. The highest BCUT2D eigenvalue weighted by atomic mass is 35.5. The molecule has 0 saturated carbocycles.